The van der Waals surface area contributed by atoms with E-state index in [4.69, 9.17) is 4.42 Å². The summed E-state index contributed by atoms with van der Waals surface area (Å²) >= 11 is 0. The number of anilines is 2. The number of H-pyrrole nitrogens is 2. The van der Waals surface area contributed by atoms with Gasteiger partial charge in [0.05, 0.1) is 17.3 Å². The summed E-state index contributed by atoms with van der Waals surface area (Å²) in [6, 6.07) is 14.7. The number of hydrogen-bond donors (Lipinski definition) is 4. The van der Waals surface area contributed by atoms with Crippen LogP contribution in [0.2, 0.25) is 0 Å². The number of carbonyl (C=O) groups is 2. The predicted molar refractivity (Wildman–Crippen MR) is 100.0 cm³/mol. The van der Waals surface area contributed by atoms with Crippen molar-refractivity contribution in [2.24, 2.45) is 0 Å². The van der Waals surface area contributed by atoms with E-state index >= 15 is 0 Å². The molecular formula is C19H14N4O4. The minimum absolute atomic E-state index is 0.204. The van der Waals surface area contributed by atoms with Crippen molar-refractivity contribution in [2.75, 3.05) is 10.6 Å². The molecule has 4 N–H and O–H groups in total. The van der Waals surface area contributed by atoms with Gasteiger partial charge >= 0.3 is 5.69 Å². The van der Waals surface area contributed by atoms with Gasteiger partial charge < -0.3 is 25.0 Å². The van der Waals surface area contributed by atoms with E-state index in [2.05, 4.69) is 20.6 Å². The highest BCUT2D eigenvalue weighted by molar-refractivity contribution is 6.06. The number of benzene rings is 2. The van der Waals surface area contributed by atoms with E-state index in [1.807, 2.05) is 0 Å². The van der Waals surface area contributed by atoms with Crippen molar-refractivity contribution in [1.29, 1.82) is 0 Å². The van der Waals surface area contributed by atoms with E-state index in [-0.39, 0.29) is 23.3 Å². The second-order valence-electron chi connectivity index (χ2n) is 5.80. The fourth-order valence-electron chi connectivity index (χ4n) is 2.62. The van der Waals surface area contributed by atoms with Gasteiger partial charge in [-0.2, -0.15) is 0 Å². The Hall–Kier alpha value is -4.07. The van der Waals surface area contributed by atoms with Gasteiger partial charge in [-0.15, -0.1) is 0 Å². The molecule has 27 heavy (non-hydrogen) atoms. The number of carbonyl (C=O) groups excluding carboxylic acids is 2. The first kappa shape index (κ1) is 16.4. The smallest absolute Gasteiger partial charge is 0.323 e. The molecule has 2 aromatic heterocycles. The fraction of sp³-hybridized carbons (Fsp3) is 0. The van der Waals surface area contributed by atoms with Crippen LogP contribution >= 0.6 is 0 Å². The molecule has 4 rings (SSSR count). The lowest BCUT2D eigenvalue weighted by Gasteiger charge is -2.07. The molecule has 2 amide bonds. The first-order chi connectivity index (χ1) is 13.1. The normalized spacial score (nSPS) is 10.7. The number of imidazole rings is 1. The van der Waals surface area contributed by atoms with Gasteiger partial charge in [-0.3, -0.25) is 9.59 Å². The molecule has 0 spiro atoms. The van der Waals surface area contributed by atoms with Gasteiger partial charge in [0.1, 0.15) is 0 Å². The van der Waals surface area contributed by atoms with Crippen LogP contribution in [0.5, 0.6) is 0 Å². The summed E-state index contributed by atoms with van der Waals surface area (Å²) in [7, 11) is 0. The van der Waals surface area contributed by atoms with Crippen molar-refractivity contribution in [3.8, 4) is 0 Å². The molecule has 2 aromatic carbocycles. The number of furan rings is 1. The number of amides is 2. The Balaban J connectivity index is 1.45. The van der Waals surface area contributed by atoms with Crippen LogP contribution in [0, 0.1) is 0 Å². The van der Waals surface area contributed by atoms with Crippen molar-refractivity contribution in [2.45, 2.75) is 0 Å². The van der Waals surface area contributed by atoms with E-state index in [9.17, 15) is 14.4 Å². The maximum Gasteiger partial charge on any atom is 0.323 e. The first-order valence-electron chi connectivity index (χ1n) is 8.07. The predicted octanol–water partition coefficient (Wildman–Crippen LogP) is 2.95. The van der Waals surface area contributed by atoms with Gasteiger partial charge in [0.25, 0.3) is 11.8 Å². The largest absolute Gasteiger partial charge is 0.459 e. The van der Waals surface area contributed by atoms with E-state index in [0.717, 1.165) is 0 Å². The molecule has 4 aromatic rings. The van der Waals surface area contributed by atoms with Crippen molar-refractivity contribution in [3.63, 3.8) is 0 Å². The number of rotatable bonds is 4. The summed E-state index contributed by atoms with van der Waals surface area (Å²) in [4.78, 5) is 40.9. The molecule has 8 heteroatoms. The van der Waals surface area contributed by atoms with Crippen LogP contribution in [0.15, 0.2) is 70.1 Å². The lowest BCUT2D eigenvalue weighted by molar-refractivity contribution is 0.0995. The molecular weight excluding hydrogens is 348 g/mol. The number of aromatic nitrogens is 2. The molecule has 134 valence electrons. The average Bonchev–Trinajstić information content (AvgIpc) is 3.30. The van der Waals surface area contributed by atoms with Gasteiger partial charge in [-0.1, -0.05) is 0 Å². The third-order valence-corrected chi connectivity index (χ3v) is 3.92. The molecule has 0 bridgehead atoms. The highest BCUT2D eigenvalue weighted by Crippen LogP contribution is 2.17. The molecule has 0 radical (unpaired) electrons. The third kappa shape index (κ3) is 3.49. The van der Waals surface area contributed by atoms with Crippen LogP contribution in [0.25, 0.3) is 11.0 Å². The van der Waals surface area contributed by atoms with Crippen molar-refractivity contribution in [1.82, 2.24) is 9.97 Å². The highest BCUT2D eigenvalue weighted by atomic mass is 16.3. The molecule has 8 nitrogen and oxygen atoms in total. The van der Waals surface area contributed by atoms with Crippen LogP contribution in [-0.2, 0) is 0 Å². The average molecular weight is 362 g/mol. The van der Waals surface area contributed by atoms with E-state index < -0.39 is 0 Å². The third-order valence-electron chi connectivity index (χ3n) is 3.92. The minimum Gasteiger partial charge on any atom is -0.459 e. The van der Waals surface area contributed by atoms with Gasteiger partial charge in [-0.05, 0) is 54.6 Å². The minimum atomic E-state index is -0.369. The zero-order valence-electron chi connectivity index (χ0n) is 13.9. The van der Waals surface area contributed by atoms with Crippen LogP contribution in [-0.4, -0.2) is 21.8 Å². The van der Waals surface area contributed by atoms with Crippen LogP contribution in [0.4, 0.5) is 11.4 Å². The summed E-state index contributed by atoms with van der Waals surface area (Å²) in [6.45, 7) is 0. The Morgan fingerprint density at radius 1 is 0.815 bits per heavy atom. The van der Waals surface area contributed by atoms with Crippen molar-refractivity contribution < 1.29 is 14.0 Å². The van der Waals surface area contributed by atoms with Crippen molar-refractivity contribution >= 4 is 34.2 Å². The zero-order valence-corrected chi connectivity index (χ0v) is 13.9. The van der Waals surface area contributed by atoms with Crippen LogP contribution in [0.3, 0.4) is 0 Å². The molecule has 0 atom stereocenters. The Labute approximate surface area is 152 Å². The second-order valence-corrected chi connectivity index (χ2v) is 5.80. The van der Waals surface area contributed by atoms with Crippen LogP contribution in [0.1, 0.15) is 20.9 Å². The standard InChI is InChI=1S/C19H14N4O4/c24-17(21-13-7-8-14-15(10-13)23-19(26)22-14)11-3-5-12(6-4-11)20-18(25)16-2-1-9-27-16/h1-10H,(H,20,25)(H,21,24)(H2,22,23,26). The molecule has 0 aliphatic heterocycles. The Morgan fingerprint density at radius 2 is 1.52 bits per heavy atom. The maximum absolute atomic E-state index is 12.4. The van der Waals surface area contributed by atoms with Gasteiger partial charge in [0.2, 0.25) is 0 Å². The van der Waals surface area contributed by atoms with E-state index in [1.165, 1.54) is 6.26 Å². The quantitative estimate of drug-likeness (QED) is 0.446. The SMILES string of the molecule is O=C(Nc1ccc2[nH]c(=O)[nH]c2c1)c1ccc(NC(=O)c2ccco2)cc1. The van der Waals surface area contributed by atoms with Crippen molar-refractivity contribution in [3.05, 3.63) is 82.7 Å². The number of hydrogen-bond acceptors (Lipinski definition) is 4. The second kappa shape index (κ2) is 6.68. The van der Waals surface area contributed by atoms with Crippen LogP contribution < -0.4 is 16.3 Å². The molecule has 0 unspecified atom stereocenters. The highest BCUT2D eigenvalue weighted by Gasteiger charge is 2.10. The lowest BCUT2D eigenvalue weighted by atomic mass is 10.2. The number of fused-ring (bicyclic) bond motifs is 1. The van der Waals surface area contributed by atoms with Gasteiger partial charge in [-0.25, -0.2) is 4.79 Å². The Bertz CT molecular complexity index is 1170. The summed E-state index contributed by atoms with van der Waals surface area (Å²) in [6.07, 6.45) is 1.42. The molecule has 0 saturated heterocycles. The first-order valence-corrected chi connectivity index (χ1v) is 8.07. The number of aromatic amines is 2. The summed E-state index contributed by atoms with van der Waals surface area (Å²) in [5.74, 6) is -0.475. The monoisotopic (exact) mass is 362 g/mol. The Kier molecular flexibility index (Phi) is 4.06. The summed E-state index contributed by atoms with van der Waals surface area (Å²) < 4.78 is 5.03. The topological polar surface area (TPSA) is 120 Å². The summed E-state index contributed by atoms with van der Waals surface area (Å²) in [5, 5.41) is 5.45. The molecule has 0 saturated carbocycles. The molecule has 0 fully saturated rings. The Morgan fingerprint density at radius 3 is 2.26 bits per heavy atom. The molecule has 2 heterocycles. The number of nitrogens with one attached hydrogen (secondary N) is 4. The van der Waals surface area contributed by atoms with E-state index in [0.29, 0.717) is 28.0 Å². The maximum atomic E-state index is 12.4. The van der Waals surface area contributed by atoms with Gasteiger partial charge in [0.15, 0.2) is 5.76 Å². The fourth-order valence-corrected chi connectivity index (χ4v) is 2.62. The lowest BCUT2D eigenvalue weighted by Crippen LogP contribution is -2.13. The molecule has 0 aliphatic rings. The van der Waals surface area contributed by atoms with Gasteiger partial charge in [0, 0.05) is 16.9 Å². The van der Waals surface area contributed by atoms with E-state index in [1.54, 1.807) is 54.6 Å². The zero-order chi connectivity index (χ0) is 18.8. The summed E-state index contributed by atoms with van der Waals surface area (Å²) in [5.41, 5.74) is 2.48. The molecule has 0 aliphatic carbocycles.